The third kappa shape index (κ3) is 4.96. The Morgan fingerprint density at radius 2 is 1.88 bits per heavy atom. The Morgan fingerprint density at radius 3 is 2.52 bits per heavy atom. The number of methoxy groups -OCH3 is 1. The summed E-state index contributed by atoms with van der Waals surface area (Å²) < 4.78 is 5.28. The Balaban J connectivity index is 1.47. The van der Waals surface area contributed by atoms with Crippen LogP contribution in [-0.2, 0) is 4.79 Å². The van der Waals surface area contributed by atoms with Gasteiger partial charge in [0.2, 0.25) is 5.91 Å². The molecule has 4 rings (SSSR count). The third-order valence-corrected chi connectivity index (χ3v) is 6.72. The van der Waals surface area contributed by atoms with Crippen molar-refractivity contribution < 1.29 is 14.6 Å². The molecule has 1 fully saturated rings. The predicted octanol–water partition coefficient (Wildman–Crippen LogP) is 2.46. The number of piperazine rings is 1. The minimum atomic E-state index is -0.515. The van der Waals surface area contributed by atoms with Crippen molar-refractivity contribution in [3.8, 4) is 5.75 Å². The number of rotatable bonds is 7. The Morgan fingerprint density at radius 1 is 1.18 bits per heavy atom. The van der Waals surface area contributed by atoms with Gasteiger partial charge in [0, 0.05) is 44.3 Å². The van der Waals surface area contributed by atoms with E-state index in [9.17, 15) is 9.90 Å². The van der Waals surface area contributed by atoms with Crippen molar-refractivity contribution in [3.63, 3.8) is 0 Å². The van der Waals surface area contributed by atoms with Gasteiger partial charge in [-0.3, -0.25) is 4.79 Å². The van der Waals surface area contributed by atoms with Crippen molar-refractivity contribution in [3.05, 3.63) is 47.4 Å². The molecule has 1 aliphatic heterocycles. The van der Waals surface area contributed by atoms with Crippen LogP contribution in [0.25, 0.3) is 0 Å². The van der Waals surface area contributed by atoms with Gasteiger partial charge in [-0.25, -0.2) is 9.97 Å². The highest BCUT2D eigenvalue weighted by atomic mass is 16.5. The van der Waals surface area contributed by atoms with E-state index in [1.54, 1.807) is 13.4 Å². The molecule has 1 aromatic carbocycles. The normalized spacial score (nSPS) is 21.3. The molecule has 2 aliphatic rings. The van der Waals surface area contributed by atoms with Gasteiger partial charge in [0.05, 0.1) is 24.8 Å². The molecule has 1 saturated heterocycles. The Hall–Kier alpha value is -2.71. The number of anilines is 1. The second kappa shape index (κ2) is 10.1. The van der Waals surface area contributed by atoms with Gasteiger partial charge in [-0.2, -0.15) is 0 Å². The molecule has 1 amide bonds. The van der Waals surface area contributed by atoms with Crippen LogP contribution in [0.2, 0.25) is 0 Å². The summed E-state index contributed by atoms with van der Waals surface area (Å²) in [5, 5.41) is 13.7. The zero-order chi connectivity index (χ0) is 23.5. The summed E-state index contributed by atoms with van der Waals surface area (Å²) in [5.74, 6) is 1.82. The number of fused-ring (bicyclic) bond motifs is 1. The fourth-order valence-electron chi connectivity index (χ4n) is 4.85. The van der Waals surface area contributed by atoms with Crippen molar-refractivity contribution in [1.29, 1.82) is 0 Å². The number of nitrogens with zero attached hydrogens (tertiary/aromatic N) is 4. The van der Waals surface area contributed by atoms with E-state index in [0.29, 0.717) is 45.2 Å². The first-order valence-corrected chi connectivity index (χ1v) is 11.8. The van der Waals surface area contributed by atoms with Gasteiger partial charge in [-0.05, 0) is 30.0 Å². The van der Waals surface area contributed by atoms with Crippen molar-refractivity contribution in [1.82, 2.24) is 20.2 Å². The maximum Gasteiger partial charge on any atom is 0.231 e. The molecule has 33 heavy (non-hydrogen) atoms. The summed E-state index contributed by atoms with van der Waals surface area (Å²) in [7, 11) is 1.64. The number of hydrogen-bond acceptors (Lipinski definition) is 7. The van der Waals surface area contributed by atoms with E-state index in [4.69, 9.17) is 4.74 Å². The Kier molecular flexibility index (Phi) is 7.14. The first-order chi connectivity index (χ1) is 15.9. The van der Waals surface area contributed by atoms with E-state index in [-0.39, 0.29) is 17.7 Å². The van der Waals surface area contributed by atoms with E-state index >= 15 is 0 Å². The van der Waals surface area contributed by atoms with Gasteiger partial charge in [-0.1, -0.05) is 32.9 Å². The number of benzene rings is 1. The molecule has 1 aliphatic carbocycles. The lowest BCUT2D eigenvalue weighted by Crippen LogP contribution is -2.51. The number of aliphatic hydroxyl groups excluding tert-OH is 1. The number of nitrogens with one attached hydrogen (secondary N) is 1. The van der Waals surface area contributed by atoms with Gasteiger partial charge in [0.15, 0.2) is 0 Å². The lowest BCUT2D eigenvalue weighted by molar-refractivity contribution is -0.133. The van der Waals surface area contributed by atoms with Crippen LogP contribution in [-0.4, -0.2) is 71.8 Å². The summed E-state index contributed by atoms with van der Waals surface area (Å²) in [6.07, 6.45) is 1.72. The van der Waals surface area contributed by atoms with Crippen LogP contribution in [0.15, 0.2) is 30.6 Å². The summed E-state index contributed by atoms with van der Waals surface area (Å²) in [5.41, 5.74) is 2.81. The van der Waals surface area contributed by atoms with Crippen LogP contribution in [0.3, 0.4) is 0 Å². The number of ether oxygens (including phenoxy) is 1. The van der Waals surface area contributed by atoms with E-state index in [1.807, 2.05) is 29.2 Å². The average molecular weight is 454 g/mol. The molecular weight excluding hydrogens is 418 g/mol. The first kappa shape index (κ1) is 23.4. The summed E-state index contributed by atoms with van der Waals surface area (Å²) in [6.45, 7) is 9.60. The fourth-order valence-corrected chi connectivity index (χ4v) is 4.85. The van der Waals surface area contributed by atoms with Crippen molar-refractivity contribution >= 4 is 11.7 Å². The molecule has 0 radical (unpaired) electrons. The zero-order valence-electron chi connectivity index (χ0n) is 20.0. The van der Waals surface area contributed by atoms with Gasteiger partial charge in [0.25, 0.3) is 0 Å². The van der Waals surface area contributed by atoms with Gasteiger partial charge in [-0.15, -0.1) is 0 Å². The van der Waals surface area contributed by atoms with Crippen LogP contribution in [0, 0.1) is 0 Å². The quantitative estimate of drug-likeness (QED) is 0.665. The molecule has 3 unspecified atom stereocenters. The molecule has 2 aromatic rings. The zero-order valence-corrected chi connectivity index (χ0v) is 20.0. The van der Waals surface area contributed by atoms with E-state index in [1.165, 1.54) is 0 Å². The number of aliphatic hydroxyl groups is 1. The maximum absolute atomic E-state index is 13.6. The minimum Gasteiger partial charge on any atom is -0.497 e. The van der Waals surface area contributed by atoms with Gasteiger partial charge >= 0.3 is 0 Å². The average Bonchev–Trinajstić information content (AvgIpc) is 3.13. The highest BCUT2D eigenvalue weighted by Gasteiger charge is 2.35. The maximum atomic E-state index is 13.6. The summed E-state index contributed by atoms with van der Waals surface area (Å²) in [4.78, 5) is 26.6. The molecule has 0 bridgehead atoms. The van der Waals surface area contributed by atoms with Crippen molar-refractivity contribution in [2.75, 3.05) is 44.7 Å². The largest absolute Gasteiger partial charge is 0.497 e. The van der Waals surface area contributed by atoms with Crippen molar-refractivity contribution in [2.45, 2.75) is 51.2 Å². The van der Waals surface area contributed by atoms with Crippen LogP contribution in [0.5, 0.6) is 5.75 Å². The summed E-state index contributed by atoms with van der Waals surface area (Å²) >= 11 is 0. The minimum absolute atomic E-state index is 0.143. The molecule has 0 saturated carbocycles. The summed E-state index contributed by atoms with van der Waals surface area (Å²) in [6, 6.07) is 8.09. The predicted molar refractivity (Wildman–Crippen MR) is 128 cm³/mol. The SMILES string of the molecule is COc1ccc(C(CNC(C)C)C(=O)N2CCN(c3ncnc4c3C(C)CC4O)CC2)cc1. The highest BCUT2D eigenvalue weighted by molar-refractivity contribution is 5.84. The Bertz CT molecular complexity index is 957. The van der Waals surface area contributed by atoms with Gasteiger partial charge in [0.1, 0.15) is 17.9 Å². The van der Waals surface area contributed by atoms with E-state index in [2.05, 4.69) is 41.0 Å². The smallest absolute Gasteiger partial charge is 0.231 e. The molecular formula is C25H35N5O3. The number of aromatic nitrogens is 2. The molecule has 8 nitrogen and oxygen atoms in total. The number of carbonyl (C=O) groups is 1. The second-order valence-corrected chi connectivity index (χ2v) is 9.35. The van der Waals surface area contributed by atoms with Crippen LogP contribution in [0.1, 0.15) is 62.0 Å². The first-order valence-electron chi connectivity index (χ1n) is 11.8. The molecule has 3 atom stereocenters. The van der Waals surface area contributed by atoms with Crippen LogP contribution in [0.4, 0.5) is 5.82 Å². The third-order valence-electron chi connectivity index (χ3n) is 6.72. The second-order valence-electron chi connectivity index (χ2n) is 9.35. The van der Waals surface area contributed by atoms with Crippen LogP contribution >= 0.6 is 0 Å². The Labute approximate surface area is 196 Å². The number of amides is 1. The monoisotopic (exact) mass is 453 g/mol. The molecule has 0 spiro atoms. The fraction of sp³-hybridized carbons (Fsp3) is 0.560. The van der Waals surface area contributed by atoms with E-state index in [0.717, 1.165) is 28.4 Å². The number of carbonyl (C=O) groups excluding carboxylic acids is 1. The number of hydrogen-bond donors (Lipinski definition) is 2. The standard InChI is InChI=1S/C25H35N5O3/c1-16(2)26-14-20(18-5-7-19(33-4)8-6-18)25(32)30-11-9-29(10-12-30)24-22-17(3)13-21(31)23(22)27-15-28-24/h5-8,15-17,20-21,26,31H,9-14H2,1-4H3. The topological polar surface area (TPSA) is 90.8 Å². The van der Waals surface area contributed by atoms with Crippen molar-refractivity contribution in [2.24, 2.45) is 0 Å². The molecule has 2 N–H and O–H groups in total. The molecule has 8 heteroatoms. The highest BCUT2D eigenvalue weighted by Crippen LogP contribution is 2.42. The molecule has 2 heterocycles. The molecule has 178 valence electrons. The van der Waals surface area contributed by atoms with Crippen LogP contribution < -0.4 is 15.0 Å². The lowest BCUT2D eigenvalue weighted by atomic mass is 9.96. The van der Waals surface area contributed by atoms with Gasteiger partial charge < -0.3 is 25.0 Å². The lowest BCUT2D eigenvalue weighted by Gasteiger charge is -2.38. The molecule has 1 aromatic heterocycles. The van der Waals surface area contributed by atoms with E-state index < -0.39 is 6.10 Å².